The number of ether oxygens (including phenoxy) is 1. The maximum absolute atomic E-state index is 8.53. The van der Waals surface area contributed by atoms with Crippen LogP contribution in [-0.2, 0) is 0 Å². The standard InChI is InChI=1S/C12H16N2O/c1-10-4-3-5-12(8-10)15-7-6-14-11(2)9-13/h3-5,8,11,14H,6-7H2,1-2H3. The fraction of sp³-hybridized carbons (Fsp3) is 0.417. The summed E-state index contributed by atoms with van der Waals surface area (Å²) in [6.07, 6.45) is 0. The van der Waals surface area contributed by atoms with Crippen LogP contribution in [-0.4, -0.2) is 19.2 Å². The molecule has 1 aromatic carbocycles. The Morgan fingerprint density at radius 2 is 2.33 bits per heavy atom. The van der Waals surface area contributed by atoms with Gasteiger partial charge in [0.25, 0.3) is 0 Å². The minimum Gasteiger partial charge on any atom is -0.492 e. The summed E-state index contributed by atoms with van der Waals surface area (Å²) in [5.74, 6) is 0.876. The Labute approximate surface area is 90.7 Å². The van der Waals surface area contributed by atoms with Gasteiger partial charge in [0.2, 0.25) is 0 Å². The molecule has 3 heteroatoms. The van der Waals surface area contributed by atoms with E-state index in [-0.39, 0.29) is 6.04 Å². The Morgan fingerprint density at radius 3 is 3.00 bits per heavy atom. The number of hydrogen-bond donors (Lipinski definition) is 1. The number of nitrogens with zero attached hydrogens (tertiary/aromatic N) is 1. The van der Waals surface area contributed by atoms with E-state index in [2.05, 4.69) is 11.4 Å². The van der Waals surface area contributed by atoms with Crippen molar-refractivity contribution >= 4 is 0 Å². The van der Waals surface area contributed by atoms with Crippen molar-refractivity contribution in [2.24, 2.45) is 0 Å². The van der Waals surface area contributed by atoms with Gasteiger partial charge in [-0.25, -0.2) is 0 Å². The van der Waals surface area contributed by atoms with Crippen LogP contribution in [0.2, 0.25) is 0 Å². The molecule has 0 radical (unpaired) electrons. The molecular formula is C12H16N2O. The molecule has 0 aromatic heterocycles. The summed E-state index contributed by atoms with van der Waals surface area (Å²) >= 11 is 0. The largest absolute Gasteiger partial charge is 0.492 e. The van der Waals surface area contributed by atoms with E-state index in [9.17, 15) is 0 Å². The van der Waals surface area contributed by atoms with Crippen molar-refractivity contribution in [3.8, 4) is 11.8 Å². The second-order valence-corrected chi connectivity index (χ2v) is 3.47. The van der Waals surface area contributed by atoms with E-state index < -0.39 is 0 Å². The summed E-state index contributed by atoms with van der Waals surface area (Å²) in [4.78, 5) is 0. The molecule has 0 aliphatic carbocycles. The highest BCUT2D eigenvalue weighted by atomic mass is 16.5. The van der Waals surface area contributed by atoms with Gasteiger partial charge in [-0.05, 0) is 31.5 Å². The Balaban J connectivity index is 2.24. The molecule has 1 unspecified atom stereocenters. The SMILES string of the molecule is Cc1cccc(OCCNC(C)C#N)c1. The lowest BCUT2D eigenvalue weighted by Crippen LogP contribution is -2.28. The van der Waals surface area contributed by atoms with Crippen molar-refractivity contribution in [2.45, 2.75) is 19.9 Å². The van der Waals surface area contributed by atoms with Gasteiger partial charge in [0, 0.05) is 6.54 Å². The molecule has 1 atom stereocenters. The Hall–Kier alpha value is -1.53. The predicted octanol–water partition coefficient (Wildman–Crippen LogP) is 1.88. The fourth-order valence-corrected chi connectivity index (χ4v) is 1.20. The lowest BCUT2D eigenvalue weighted by atomic mass is 10.2. The molecule has 0 heterocycles. The summed E-state index contributed by atoms with van der Waals surface area (Å²) in [7, 11) is 0. The summed E-state index contributed by atoms with van der Waals surface area (Å²) in [6.45, 7) is 5.12. The van der Waals surface area contributed by atoms with E-state index in [1.165, 1.54) is 5.56 Å². The summed E-state index contributed by atoms with van der Waals surface area (Å²) in [5, 5.41) is 11.6. The molecule has 0 saturated heterocycles. The molecule has 0 amide bonds. The lowest BCUT2D eigenvalue weighted by molar-refractivity contribution is 0.311. The average Bonchev–Trinajstić information content (AvgIpc) is 2.24. The number of nitriles is 1. The normalized spacial score (nSPS) is 11.8. The van der Waals surface area contributed by atoms with Crippen molar-refractivity contribution in [1.29, 1.82) is 5.26 Å². The predicted molar refractivity (Wildman–Crippen MR) is 59.8 cm³/mol. The van der Waals surface area contributed by atoms with Crippen LogP contribution in [0.1, 0.15) is 12.5 Å². The van der Waals surface area contributed by atoms with Crippen molar-refractivity contribution in [2.75, 3.05) is 13.2 Å². The number of nitrogens with one attached hydrogen (secondary N) is 1. The van der Waals surface area contributed by atoms with E-state index in [4.69, 9.17) is 10.00 Å². The second-order valence-electron chi connectivity index (χ2n) is 3.47. The summed E-state index contributed by atoms with van der Waals surface area (Å²) < 4.78 is 5.51. The highest BCUT2D eigenvalue weighted by molar-refractivity contribution is 5.27. The zero-order valence-electron chi connectivity index (χ0n) is 9.16. The zero-order chi connectivity index (χ0) is 11.1. The van der Waals surface area contributed by atoms with Gasteiger partial charge in [-0.1, -0.05) is 12.1 Å². The maximum atomic E-state index is 8.53. The van der Waals surface area contributed by atoms with Crippen LogP contribution in [0, 0.1) is 18.3 Å². The topological polar surface area (TPSA) is 45.0 Å². The van der Waals surface area contributed by atoms with Crippen LogP contribution >= 0.6 is 0 Å². The van der Waals surface area contributed by atoms with Crippen molar-refractivity contribution in [1.82, 2.24) is 5.32 Å². The van der Waals surface area contributed by atoms with Gasteiger partial charge in [-0.15, -0.1) is 0 Å². The number of aryl methyl sites for hydroxylation is 1. The van der Waals surface area contributed by atoms with Crippen molar-refractivity contribution in [3.05, 3.63) is 29.8 Å². The second kappa shape index (κ2) is 6.05. The first-order chi connectivity index (χ1) is 7.22. The third-order valence-corrected chi connectivity index (χ3v) is 2.00. The van der Waals surface area contributed by atoms with Crippen molar-refractivity contribution < 1.29 is 4.74 Å². The molecule has 1 aromatic rings. The van der Waals surface area contributed by atoms with E-state index in [0.29, 0.717) is 13.2 Å². The van der Waals surface area contributed by atoms with Gasteiger partial charge in [-0.2, -0.15) is 5.26 Å². The monoisotopic (exact) mass is 204 g/mol. The highest BCUT2D eigenvalue weighted by Gasteiger charge is 1.97. The maximum Gasteiger partial charge on any atom is 0.119 e. The first-order valence-corrected chi connectivity index (χ1v) is 5.05. The molecule has 0 aliphatic rings. The Bertz CT molecular complexity index is 344. The van der Waals surface area contributed by atoms with E-state index >= 15 is 0 Å². The number of rotatable bonds is 5. The van der Waals surface area contributed by atoms with Crippen LogP contribution in [0.25, 0.3) is 0 Å². The molecule has 0 bridgehead atoms. The van der Waals surface area contributed by atoms with Crippen molar-refractivity contribution in [3.63, 3.8) is 0 Å². The summed E-state index contributed by atoms with van der Waals surface area (Å²) in [5.41, 5.74) is 1.19. The number of benzene rings is 1. The highest BCUT2D eigenvalue weighted by Crippen LogP contribution is 2.11. The molecule has 15 heavy (non-hydrogen) atoms. The average molecular weight is 204 g/mol. The van der Waals surface area contributed by atoms with Gasteiger partial charge in [0.05, 0.1) is 12.1 Å². The third-order valence-electron chi connectivity index (χ3n) is 2.00. The van der Waals surface area contributed by atoms with Gasteiger partial charge < -0.3 is 4.74 Å². The molecule has 0 saturated carbocycles. The first-order valence-electron chi connectivity index (χ1n) is 5.05. The van der Waals surface area contributed by atoms with Crippen LogP contribution in [0.4, 0.5) is 0 Å². The molecule has 0 aliphatic heterocycles. The smallest absolute Gasteiger partial charge is 0.119 e. The summed E-state index contributed by atoms with van der Waals surface area (Å²) in [6, 6.07) is 9.91. The molecule has 0 fully saturated rings. The van der Waals surface area contributed by atoms with Crippen LogP contribution in [0.5, 0.6) is 5.75 Å². The molecule has 0 spiro atoms. The molecule has 1 rings (SSSR count). The van der Waals surface area contributed by atoms with Gasteiger partial charge in [0.1, 0.15) is 12.4 Å². The quantitative estimate of drug-likeness (QED) is 0.745. The Morgan fingerprint density at radius 1 is 1.53 bits per heavy atom. The van der Waals surface area contributed by atoms with Crippen LogP contribution < -0.4 is 10.1 Å². The molecule has 3 nitrogen and oxygen atoms in total. The Kier molecular flexibility index (Phi) is 4.65. The minimum atomic E-state index is -0.119. The van der Waals surface area contributed by atoms with Crippen LogP contribution in [0.3, 0.4) is 0 Å². The number of hydrogen-bond acceptors (Lipinski definition) is 3. The van der Waals surface area contributed by atoms with E-state index in [1.807, 2.05) is 38.1 Å². The third kappa shape index (κ3) is 4.48. The molecular weight excluding hydrogens is 188 g/mol. The first kappa shape index (κ1) is 11.5. The molecule has 1 N–H and O–H groups in total. The zero-order valence-corrected chi connectivity index (χ0v) is 9.16. The van der Waals surface area contributed by atoms with E-state index in [0.717, 1.165) is 5.75 Å². The van der Waals surface area contributed by atoms with E-state index in [1.54, 1.807) is 0 Å². The lowest BCUT2D eigenvalue weighted by Gasteiger charge is -2.08. The van der Waals surface area contributed by atoms with Gasteiger partial charge in [-0.3, -0.25) is 5.32 Å². The van der Waals surface area contributed by atoms with Gasteiger partial charge >= 0.3 is 0 Å². The van der Waals surface area contributed by atoms with Crippen LogP contribution in [0.15, 0.2) is 24.3 Å². The molecule has 80 valence electrons. The minimum absolute atomic E-state index is 0.119. The fourth-order valence-electron chi connectivity index (χ4n) is 1.20. The van der Waals surface area contributed by atoms with Gasteiger partial charge in [0.15, 0.2) is 0 Å².